The van der Waals surface area contributed by atoms with Crippen LogP contribution in [0.15, 0.2) is 72.9 Å². The maximum absolute atomic E-state index is 12.7. The quantitative estimate of drug-likeness (QED) is 0.472. The Balaban J connectivity index is 1.77. The first-order chi connectivity index (χ1) is 15.3. The van der Waals surface area contributed by atoms with Crippen molar-refractivity contribution in [3.63, 3.8) is 0 Å². The van der Waals surface area contributed by atoms with Gasteiger partial charge in [0.05, 0.1) is 11.5 Å². The van der Waals surface area contributed by atoms with Crippen LogP contribution in [0.4, 0.5) is 0 Å². The molecule has 1 amide bonds. The van der Waals surface area contributed by atoms with E-state index in [2.05, 4.69) is 10.3 Å². The van der Waals surface area contributed by atoms with E-state index in [0.29, 0.717) is 6.42 Å². The lowest BCUT2D eigenvalue weighted by Crippen LogP contribution is -2.39. The van der Waals surface area contributed by atoms with Gasteiger partial charge in [-0.1, -0.05) is 61.5 Å². The minimum absolute atomic E-state index is 0.0303. The van der Waals surface area contributed by atoms with E-state index < -0.39 is 29.8 Å². The summed E-state index contributed by atoms with van der Waals surface area (Å²) in [7, 11) is 0. The van der Waals surface area contributed by atoms with Crippen molar-refractivity contribution in [2.24, 2.45) is 5.92 Å². The van der Waals surface area contributed by atoms with E-state index in [1.54, 1.807) is 6.92 Å². The van der Waals surface area contributed by atoms with Crippen LogP contribution in [0.5, 0.6) is 0 Å². The van der Waals surface area contributed by atoms with Crippen LogP contribution in [0, 0.1) is 5.92 Å². The number of aromatic nitrogens is 1. The Kier molecular flexibility index (Phi) is 7.33. The number of pyridine rings is 1. The Bertz CT molecular complexity index is 1100. The van der Waals surface area contributed by atoms with E-state index in [4.69, 9.17) is 5.11 Å². The van der Waals surface area contributed by atoms with E-state index in [-0.39, 0.29) is 17.7 Å². The topological polar surface area (TPSA) is 117 Å². The van der Waals surface area contributed by atoms with Gasteiger partial charge in [0.1, 0.15) is 5.69 Å². The summed E-state index contributed by atoms with van der Waals surface area (Å²) in [6.07, 6.45) is 1.91. The Morgan fingerprint density at radius 2 is 1.59 bits per heavy atom. The normalized spacial score (nSPS) is 12.5. The number of rotatable bonds is 9. The fourth-order valence-corrected chi connectivity index (χ4v) is 3.42. The number of aliphatic carboxylic acids is 1. The van der Waals surface area contributed by atoms with Gasteiger partial charge in [0.2, 0.25) is 0 Å². The van der Waals surface area contributed by atoms with Crippen LogP contribution in [0.1, 0.15) is 39.8 Å². The highest BCUT2D eigenvalue weighted by molar-refractivity contribution is 5.96. The maximum Gasteiger partial charge on any atom is 0.335 e. The van der Waals surface area contributed by atoms with E-state index in [9.17, 15) is 19.5 Å². The highest BCUT2D eigenvalue weighted by atomic mass is 16.4. The number of carboxylic acids is 2. The molecule has 0 aliphatic heterocycles. The van der Waals surface area contributed by atoms with Gasteiger partial charge in [0, 0.05) is 12.2 Å². The fraction of sp³-hybridized carbons (Fsp3) is 0.200. The molecule has 1 aromatic heterocycles. The predicted molar refractivity (Wildman–Crippen MR) is 119 cm³/mol. The van der Waals surface area contributed by atoms with E-state index in [1.807, 2.05) is 54.6 Å². The number of hydrogen-bond donors (Lipinski definition) is 3. The summed E-state index contributed by atoms with van der Waals surface area (Å²) < 4.78 is 0. The highest BCUT2D eigenvalue weighted by Crippen LogP contribution is 2.21. The molecule has 0 spiro atoms. The standard InChI is InChI=1S/C25H24N2O5/c1-16(24(29)30)13-21(27-23(28)22-15-20(25(31)32)11-12-26-22)14-17-7-9-19(10-8-17)18-5-3-2-4-6-18/h2-12,15-16,21H,13-14H2,1H3,(H,27,28)(H,29,30)(H,31,32)/t16-,21+/m1/s1. The van der Waals surface area contributed by atoms with Crippen molar-refractivity contribution < 1.29 is 24.6 Å². The molecule has 0 unspecified atom stereocenters. The zero-order chi connectivity index (χ0) is 23.1. The van der Waals surface area contributed by atoms with E-state index >= 15 is 0 Å². The molecule has 7 nitrogen and oxygen atoms in total. The van der Waals surface area contributed by atoms with Crippen LogP contribution in [0.3, 0.4) is 0 Å². The van der Waals surface area contributed by atoms with Crippen LogP contribution in [-0.2, 0) is 11.2 Å². The highest BCUT2D eigenvalue weighted by Gasteiger charge is 2.22. The molecule has 0 fully saturated rings. The maximum atomic E-state index is 12.7. The summed E-state index contributed by atoms with van der Waals surface area (Å²) in [4.78, 5) is 39.2. The average molecular weight is 432 g/mol. The number of carboxylic acid groups (broad SMARTS) is 2. The Morgan fingerprint density at radius 3 is 2.22 bits per heavy atom. The van der Waals surface area contributed by atoms with Crippen LogP contribution in [-0.4, -0.2) is 39.1 Å². The number of amides is 1. The van der Waals surface area contributed by atoms with Crippen molar-refractivity contribution in [1.82, 2.24) is 10.3 Å². The zero-order valence-corrected chi connectivity index (χ0v) is 17.6. The number of carbonyl (C=O) groups excluding carboxylic acids is 1. The second-order valence-electron chi connectivity index (χ2n) is 7.65. The third-order valence-corrected chi connectivity index (χ3v) is 5.18. The van der Waals surface area contributed by atoms with Crippen LogP contribution < -0.4 is 5.32 Å². The second kappa shape index (κ2) is 10.3. The summed E-state index contributed by atoms with van der Waals surface area (Å²) >= 11 is 0. The third kappa shape index (κ3) is 6.01. The minimum atomic E-state index is -1.16. The van der Waals surface area contributed by atoms with Gasteiger partial charge in [-0.3, -0.25) is 14.6 Å². The number of hydrogen-bond acceptors (Lipinski definition) is 4. The number of nitrogens with one attached hydrogen (secondary N) is 1. The summed E-state index contributed by atoms with van der Waals surface area (Å²) in [5, 5.41) is 21.3. The third-order valence-electron chi connectivity index (χ3n) is 5.18. The molecule has 0 saturated carbocycles. The van der Waals surface area contributed by atoms with Gasteiger partial charge in [-0.05, 0) is 41.7 Å². The number of aromatic carboxylic acids is 1. The van der Waals surface area contributed by atoms with Crippen molar-refractivity contribution in [3.05, 3.63) is 89.7 Å². The van der Waals surface area contributed by atoms with Crippen molar-refractivity contribution in [2.45, 2.75) is 25.8 Å². The molecule has 0 radical (unpaired) electrons. The average Bonchev–Trinajstić information content (AvgIpc) is 2.80. The van der Waals surface area contributed by atoms with Crippen LogP contribution in [0.25, 0.3) is 11.1 Å². The molecule has 2 atom stereocenters. The first-order valence-electron chi connectivity index (χ1n) is 10.2. The molecule has 3 N–H and O–H groups in total. The van der Waals surface area contributed by atoms with Gasteiger partial charge in [-0.15, -0.1) is 0 Å². The SMILES string of the molecule is C[C@H](C[C@@H](Cc1ccc(-c2ccccc2)cc1)NC(=O)c1cc(C(=O)O)ccn1)C(=O)O. The molecule has 164 valence electrons. The first kappa shape index (κ1) is 22.7. The van der Waals surface area contributed by atoms with Gasteiger partial charge in [-0.2, -0.15) is 0 Å². The molecule has 0 bridgehead atoms. The number of carbonyl (C=O) groups is 3. The lowest BCUT2D eigenvalue weighted by atomic mass is 9.95. The van der Waals surface area contributed by atoms with Gasteiger partial charge < -0.3 is 15.5 Å². The largest absolute Gasteiger partial charge is 0.481 e. The molecule has 0 saturated heterocycles. The van der Waals surface area contributed by atoms with Gasteiger partial charge >= 0.3 is 11.9 Å². The first-order valence-corrected chi connectivity index (χ1v) is 10.2. The van der Waals surface area contributed by atoms with Gasteiger partial charge in [0.15, 0.2) is 0 Å². The molecular weight excluding hydrogens is 408 g/mol. The molecule has 0 aliphatic rings. The summed E-state index contributed by atoms with van der Waals surface area (Å²) in [6, 6.07) is 19.8. The fourth-order valence-electron chi connectivity index (χ4n) is 3.42. The van der Waals surface area contributed by atoms with Gasteiger partial charge in [0.25, 0.3) is 5.91 Å². The molecule has 3 rings (SSSR count). The molecule has 32 heavy (non-hydrogen) atoms. The van der Waals surface area contributed by atoms with Crippen LogP contribution >= 0.6 is 0 Å². The minimum Gasteiger partial charge on any atom is -0.481 e. The monoisotopic (exact) mass is 432 g/mol. The van der Waals surface area contributed by atoms with Crippen molar-refractivity contribution in [1.29, 1.82) is 0 Å². The molecule has 7 heteroatoms. The molecule has 0 aliphatic carbocycles. The summed E-state index contributed by atoms with van der Waals surface area (Å²) in [5.74, 6) is -3.32. The zero-order valence-electron chi connectivity index (χ0n) is 17.6. The molecule has 2 aromatic carbocycles. The second-order valence-corrected chi connectivity index (χ2v) is 7.65. The van der Waals surface area contributed by atoms with Gasteiger partial charge in [-0.25, -0.2) is 4.79 Å². The molecule has 3 aromatic rings. The summed E-state index contributed by atoms with van der Waals surface area (Å²) in [5.41, 5.74) is 3.02. The van der Waals surface area contributed by atoms with E-state index in [0.717, 1.165) is 16.7 Å². The Hall–Kier alpha value is -4.00. The predicted octanol–water partition coefficient (Wildman–Crippen LogP) is 3.90. The Morgan fingerprint density at radius 1 is 0.938 bits per heavy atom. The molecule has 1 heterocycles. The smallest absolute Gasteiger partial charge is 0.335 e. The molecular formula is C25H24N2O5. The van der Waals surface area contributed by atoms with Crippen LogP contribution in [0.2, 0.25) is 0 Å². The van der Waals surface area contributed by atoms with Crippen molar-refractivity contribution in [2.75, 3.05) is 0 Å². The van der Waals surface area contributed by atoms with Crippen molar-refractivity contribution in [3.8, 4) is 11.1 Å². The lowest BCUT2D eigenvalue weighted by Gasteiger charge is -2.21. The van der Waals surface area contributed by atoms with E-state index in [1.165, 1.54) is 18.3 Å². The number of benzene rings is 2. The Labute approximate surface area is 185 Å². The van der Waals surface area contributed by atoms with Crippen molar-refractivity contribution >= 4 is 17.8 Å². The summed E-state index contributed by atoms with van der Waals surface area (Å²) in [6.45, 7) is 1.59. The lowest BCUT2D eigenvalue weighted by molar-refractivity contribution is -0.141. The number of nitrogens with zero attached hydrogens (tertiary/aromatic N) is 1.